The number of aliphatic hydroxyl groups excluding tert-OH is 3. The van der Waals surface area contributed by atoms with Gasteiger partial charge in [0.2, 0.25) is 0 Å². The highest BCUT2D eigenvalue weighted by molar-refractivity contribution is 5.03. The Hall–Kier alpha value is -0.380. The minimum atomic E-state index is -0.473. The molecule has 0 saturated heterocycles. The van der Waals surface area contributed by atoms with Crippen LogP contribution in [0.2, 0.25) is 0 Å². The molecule has 3 nitrogen and oxygen atoms in total. The third-order valence-corrected chi connectivity index (χ3v) is 3.80. The third-order valence-electron chi connectivity index (χ3n) is 3.80. The van der Waals surface area contributed by atoms with Crippen LogP contribution in [0.3, 0.4) is 0 Å². The number of hydrogen-bond acceptors (Lipinski definition) is 3. The first kappa shape index (κ1) is 14.7. The molecule has 0 radical (unpaired) electrons. The van der Waals surface area contributed by atoms with E-state index in [0.717, 1.165) is 25.7 Å². The monoisotopic (exact) mass is 242 g/mol. The van der Waals surface area contributed by atoms with E-state index in [1.807, 2.05) is 13.0 Å². The highest BCUT2D eigenvalue weighted by atomic mass is 16.3. The molecule has 0 heterocycles. The molecule has 0 aromatic rings. The molecule has 3 N–H and O–H groups in total. The summed E-state index contributed by atoms with van der Waals surface area (Å²) in [5, 5.41) is 29.1. The lowest BCUT2D eigenvalue weighted by Crippen LogP contribution is -2.17. The van der Waals surface area contributed by atoms with Crippen molar-refractivity contribution in [2.24, 2.45) is 11.8 Å². The summed E-state index contributed by atoms with van der Waals surface area (Å²) in [6.07, 6.45) is 6.90. The van der Waals surface area contributed by atoms with Gasteiger partial charge >= 0.3 is 0 Å². The fraction of sp³-hybridized carbons (Fsp3) is 0.857. The maximum Gasteiger partial charge on any atom is 0.0721 e. The van der Waals surface area contributed by atoms with Crippen LogP contribution in [0.25, 0.3) is 0 Å². The van der Waals surface area contributed by atoms with Gasteiger partial charge in [-0.2, -0.15) is 0 Å². The van der Waals surface area contributed by atoms with Gasteiger partial charge in [-0.15, -0.1) is 0 Å². The molecular weight excluding hydrogens is 216 g/mol. The first-order chi connectivity index (χ1) is 8.06. The Morgan fingerprint density at radius 3 is 2.47 bits per heavy atom. The molecule has 0 aliphatic heterocycles. The maximum atomic E-state index is 9.76. The van der Waals surface area contributed by atoms with E-state index in [1.165, 1.54) is 0 Å². The van der Waals surface area contributed by atoms with E-state index < -0.39 is 18.3 Å². The van der Waals surface area contributed by atoms with Gasteiger partial charge in [-0.25, -0.2) is 0 Å². The molecule has 1 fully saturated rings. The molecule has 0 aromatic heterocycles. The topological polar surface area (TPSA) is 60.7 Å². The van der Waals surface area contributed by atoms with Gasteiger partial charge in [0.15, 0.2) is 0 Å². The highest BCUT2D eigenvalue weighted by Crippen LogP contribution is 2.33. The van der Waals surface area contributed by atoms with E-state index in [1.54, 1.807) is 6.08 Å². The van der Waals surface area contributed by atoms with Crippen molar-refractivity contribution in [1.29, 1.82) is 0 Å². The van der Waals surface area contributed by atoms with E-state index in [9.17, 15) is 15.3 Å². The lowest BCUT2D eigenvalue weighted by Gasteiger charge is -2.16. The van der Waals surface area contributed by atoms with E-state index in [4.69, 9.17) is 0 Å². The standard InChI is InChI=1S/C14H26O3/c1-3-4-5-6-11(15)7-8-12-10(2)13(16)9-14(12)17/h7-8,10-17H,3-6,9H2,1-2H3. The Balaban J connectivity index is 2.36. The van der Waals surface area contributed by atoms with Crippen LogP contribution in [0.4, 0.5) is 0 Å². The van der Waals surface area contributed by atoms with E-state index >= 15 is 0 Å². The molecule has 5 unspecified atom stereocenters. The van der Waals surface area contributed by atoms with Crippen molar-refractivity contribution in [1.82, 2.24) is 0 Å². The molecule has 0 bridgehead atoms. The van der Waals surface area contributed by atoms with Gasteiger partial charge in [-0.05, 0) is 12.3 Å². The summed E-state index contributed by atoms with van der Waals surface area (Å²) in [6.45, 7) is 4.08. The van der Waals surface area contributed by atoms with Crippen LogP contribution >= 0.6 is 0 Å². The molecule has 17 heavy (non-hydrogen) atoms. The quantitative estimate of drug-likeness (QED) is 0.492. The first-order valence-electron chi connectivity index (χ1n) is 6.78. The number of hydrogen-bond donors (Lipinski definition) is 3. The summed E-state index contributed by atoms with van der Waals surface area (Å²) in [5.41, 5.74) is 0. The molecule has 1 rings (SSSR count). The second kappa shape index (κ2) is 7.14. The minimum Gasteiger partial charge on any atom is -0.393 e. The zero-order valence-corrected chi connectivity index (χ0v) is 10.9. The fourth-order valence-corrected chi connectivity index (χ4v) is 2.49. The summed E-state index contributed by atoms with van der Waals surface area (Å²) < 4.78 is 0. The van der Waals surface area contributed by atoms with Gasteiger partial charge in [-0.1, -0.05) is 45.3 Å². The SMILES string of the molecule is CCCCCC(O)C=CC1C(O)CC(O)C1C. The predicted octanol–water partition coefficient (Wildman–Crippen LogP) is 1.86. The normalized spacial score (nSPS) is 35.6. The Kier molecular flexibility index (Phi) is 6.17. The summed E-state index contributed by atoms with van der Waals surface area (Å²) in [4.78, 5) is 0. The van der Waals surface area contributed by atoms with Crippen LogP contribution in [0.5, 0.6) is 0 Å². The van der Waals surface area contributed by atoms with Gasteiger partial charge in [0, 0.05) is 12.3 Å². The van der Waals surface area contributed by atoms with Crippen molar-refractivity contribution in [2.75, 3.05) is 0 Å². The van der Waals surface area contributed by atoms with Crippen LogP contribution < -0.4 is 0 Å². The Labute approximate surface area is 104 Å². The second-order valence-corrected chi connectivity index (χ2v) is 5.25. The average Bonchev–Trinajstić information content (AvgIpc) is 2.51. The van der Waals surface area contributed by atoms with Crippen molar-refractivity contribution in [3.05, 3.63) is 12.2 Å². The summed E-state index contributed by atoms with van der Waals surface area (Å²) in [7, 11) is 0. The van der Waals surface area contributed by atoms with E-state index in [0.29, 0.717) is 6.42 Å². The first-order valence-corrected chi connectivity index (χ1v) is 6.78. The van der Waals surface area contributed by atoms with Crippen molar-refractivity contribution in [2.45, 2.75) is 64.3 Å². The van der Waals surface area contributed by atoms with Gasteiger partial charge < -0.3 is 15.3 Å². The highest BCUT2D eigenvalue weighted by Gasteiger charge is 2.37. The Bertz CT molecular complexity index is 240. The molecule has 5 atom stereocenters. The van der Waals surface area contributed by atoms with E-state index in [2.05, 4.69) is 6.92 Å². The summed E-state index contributed by atoms with van der Waals surface area (Å²) >= 11 is 0. The third kappa shape index (κ3) is 4.41. The van der Waals surface area contributed by atoms with Crippen LogP contribution in [-0.4, -0.2) is 33.6 Å². The van der Waals surface area contributed by atoms with Crippen LogP contribution in [0.15, 0.2) is 12.2 Å². The molecule has 1 aliphatic carbocycles. The summed E-state index contributed by atoms with van der Waals surface area (Å²) in [5.74, 6) is 0.0508. The smallest absolute Gasteiger partial charge is 0.0721 e. The second-order valence-electron chi connectivity index (χ2n) is 5.25. The molecule has 0 spiro atoms. The van der Waals surface area contributed by atoms with Gasteiger partial charge in [0.05, 0.1) is 18.3 Å². The molecule has 3 heteroatoms. The zero-order chi connectivity index (χ0) is 12.8. The molecule has 1 saturated carbocycles. The molecule has 0 aromatic carbocycles. The lowest BCUT2D eigenvalue weighted by atomic mass is 9.94. The molecule has 1 aliphatic rings. The summed E-state index contributed by atoms with van der Waals surface area (Å²) in [6, 6.07) is 0. The molecule has 0 amide bonds. The van der Waals surface area contributed by atoms with Gasteiger partial charge in [0.1, 0.15) is 0 Å². The Morgan fingerprint density at radius 1 is 1.24 bits per heavy atom. The van der Waals surface area contributed by atoms with Crippen molar-refractivity contribution < 1.29 is 15.3 Å². The molecular formula is C14H26O3. The Morgan fingerprint density at radius 2 is 1.94 bits per heavy atom. The maximum absolute atomic E-state index is 9.76. The van der Waals surface area contributed by atoms with Crippen molar-refractivity contribution in [3.63, 3.8) is 0 Å². The minimum absolute atomic E-state index is 0.0224. The predicted molar refractivity (Wildman–Crippen MR) is 68.6 cm³/mol. The zero-order valence-electron chi connectivity index (χ0n) is 10.9. The van der Waals surface area contributed by atoms with Crippen molar-refractivity contribution >= 4 is 0 Å². The number of unbranched alkanes of at least 4 members (excludes halogenated alkanes) is 2. The van der Waals surface area contributed by atoms with E-state index in [-0.39, 0.29) is 11.8 Å². The largest absolute Gasteiger partial charge is 0.393 e. The average molecular weight is 242 g/mol. The van der Waals surface area contributed by atoms with Crippen molar-refractivity contribution in [3.8, 4) is 0 Å². The van der Waals surface area contributed by atoms with Crippen LogP contribution in [0, 0.1) is 11.8 Å². The van der Waals surface area contributed by atoms with Crippen LogP contribution in [-0.2, 0) is 0 Å². The van der Waals surface area contributed by atoms with Gasteiger partial charge in [0.25, 0.3) is 0 Å². The van der Waals surface area contributed by atoms with Gasteiger partial charge in [-0.3, -0.25) is 0 Å². The fourth-order valence-electron chi connectivity index (χ4n) is 2.49. The lowest BCUT2D eigenvalue weighted by molar-refractivity contribution is 0.123. The number of rotatable bonds is 6. The number of aliphatic hydroxyl groups is 3. The van der Waals surface area contributed by atoms with Crippen LogP contribution in [0.1, 0.15) is 46.0 Å². The molecule has 100 valence electrons.